The molecule has 28 heavy (non-hydrogen) atoms. The third kappa shape index (κ3) is 7.00. The summed E-state index contributed by atoms with van der Waals surface area (Å²) in [5, 5.41) is 2.94. The first-order valence-electron chi connectivity index (χ1n) is 8.08. The molecule has 0 radical (unpaired) electrons. The van der Waals surface area contributed by atoms with Crippen molar-refractivity contribution in [3.8, 4) is 0 Å². The Hall–Kier alpha value is -1.20. The third-order valence-electron chi connectivity index (χ3n) is 4.29. The molecule has 1 aliphatic heterocycles. The molecule has 2 nitrogen and oxygen atoms in total. The minimum absolute atomic E-state index is 0. The Labute approximate surface area is 161 Å². The number of nitrogens with zero attached hydrogens (tertiary/aromatic N) is 1. The maximum atomic E-state index is 13.0. The molecule has 1 N–H and O–H groups in total. The number of alkyl halides is 9. The predicted molar refractivity (Wildman–Crippen MR) is 86.2 cm³/mol. The smallest absolute Gasteiger partial charge is 0.314 e. The molecule has 0 aliphatic carbocycles. The Morgan fingerprint density at radius 3 is 1.68 bits per heavy atom. The van der Waals surface area contributed by atoms with Crippen LogP contribution < -0.4 is 5.32 Å². The first-order valence-corrected chi connectivity index (χ1v) is 8.08. The lowest BCUT2D eigenvalue weighted by Crippen LogP contribution is -2.45. The molecule has 0 unspecified atom stereocenters. The van der Waals surface area contributed by atoms with E-state index in [1.165, 1.54) is 4.90 Å². The molecule has 0 amide bonds. The van der Waals surface area contributed by atoms with E-state index in [1.807, 2.05) is 0 Å². The van der Waals surface area contributed by atoms with Gasteiger partial charge in [0.2, 0.25) is 0 Å². The van der Waals surface area contributed by atoms with Crippen molar-refractivity contribution in [2.75, 3.05) is 26.2 Å². The van der Waals surface area contributed by atoms with Crippen molar-refractivity contribution in [2.45, 2.75) is 37.4 Å². The van der Waals surface area contributed by atoms with E-state index in [-0.39, 0.29) is 31.6 Å². The molecule has 0 spiro atoms. The standard InChI is InChI=1S/C16H17F9N2.ClH/c17-14(18,19)2-1-13(27-5-3-26-4-6-27)10-7-11(15(20,21)22)9-12(8-10)16(23,24)25;/h7-9,13,26H,1-6H2;1H/t13-;/m1./s1. The zero-order valence-electron chi connectivity index (χ0n) is 14.3. The largest absolute Gasteiger partial charge is 0.416 e. The monoisotopic (exact) mass is 444 g/mol. The predicted octanol–water partition coefficient (Wildman–Crippen LogP) is 5.43. The average molecular weight is 445 g/mol. The number of hydrogen-bond donors (Lipinski definition) is 1. The van der Waals surface area contributed by atoms with Crippen LogP contribution >= 0.6 is 12.4 Å². The van der Waals surface area contributed by atoms with E-state index in [4.69, 9.17) is 0 Å². The van der Waals surface area contributed by atoms with E-state index in [2.05, 4.69) is 5.32 Å². The molecular formula is C16H18ClF9N2. The van der Waals surface area contributed by atoms with Crippen LogP contribution in [-0.2, 0) is 12.4 Å². The number of rotatable bonds is 4. The van der Waals surface area contributed by atoms with Gasteiger partial charge in [0.15, 0.2) is 0 Å². The zero-order valence-corrected chi connectivity index (χ0v) is 15.1. The zero-order chi connectivity index (χ0) is 20.5. The van der Waals surface area contributed by atoms with Crippen molar-refractivity contribution in [2.24, 2.45) is 0 Å². The Kier molecular flexibility index (Phi) is 8.06. The normalized spacial score (nSPS) is 17.9. The van der Waals surface area contributed by atoms with E-state index < -0.39 is 54.1 Å². The van der Waals surface area contributed by atoms with Crippen LogP contribution in [0, 0.1) is 0 Å². The molecule has 1 fully saturated rings. The molecule has 0 aromatic heterocycles. The summed E-state index contributed by atoms with van der Waals surface area (Å²) in [6, 6.07) is -0.198. The van der Waals surface area contributed by atoms with E-state index in [0.717, 1.165) is 0 Å². The van der Waals surface area contributed by atoms with E-state index >= 15 is 0 Å². The summed E-state index contributed by atoms with van der Waals surface area (Å²) in [4.78, 5) is 1.48. The Morgan fingerprint density at radius 1 is 0.821 bits per heavy atom. The number of benzene rings is 1. The van der Waals surface area contributed by atoms with E-state index in [1.54, 1.807) is 0 Å². The van der Waals surface area contributed by atoms with Gasteiger partial charge in [-0.2, -0.15) is 39.5 Å². The molecular weight excluding hydrogens is 427 g/mol. The number of piperazine rings is 1. The Bertz CT molecular complexity index is 602. The topological polar surface area (TPSA) is 15.3 Å². The minimum Gasteiger partial charge on any atom is -0.314 e. The van der Waals surface area contributed by atoms with Gasteiger partial charge in [0, 0.05) is 38.6 Å². The van der Waals surface area contributed by atoms with Crippen LogP contribution in [0.25, 0.3) is 0 Å². The highest BCUT2D eigenvalue weighted by Crippen LogP contribution is 2.40. The molecule has 162 valence electrons. The molecule has 1 atom stereocenters. The van der Waals surface area contributed by atoms with Crippen LogP contribution in [0.2, 0.25) is 0 Å². The summed E-state index contributed by atoms with van der Waals surface area (Å²) in [6.45, 7) is 1.21. The van der Waals surface area contributed by atoms with Crippen molar-refractivity contribution in [3.05, 3.63) is 34.9 Å². The fraction of sp³-hybridized carbons (Fsp3) is 0.625. The van der Waals surface area contributed by atoms with Gasteiger partial charge < -0.3 is 5.32 Å². The van der Waals surface area contributed by atoms with E-state index in [0.29, 0.717) is 25.2 Å². The summed E-state index contributed by atoms with van der Waals surface area (Å²) < 4.78 is 116. The van der Waals surface area contributed by atoms with Crippen molar-refractivity contribution in [1.29, 1.82) is 0 Å². The molecule has 0 bridgehead atoms. The van der Waals surface area contributed by atoms with Crippen LogP contribution in [0.5, 0.6) is 0 Å². The van der Waals surface area contributed by atoms with Crippen LogP contribution in [0.15, 0.2) is 18.2 Å². The summed E-state index contributed by atoms with van der Waals surface area (Å²) in [5.74, 6) is 0. The number of nitrogens with one attached hydrogen (secondary N) is 1. The first-order chi connectivity index (χ1) is 12.3. The van der Waals surface area contributed by atoms with Gasteiger partial charge in [-0.15, -0.1) is 12.4 Å². The van der Waals surface area contributed by atoms with Gasteiger partial charge >= 0.3 is 18.5 Å². The van der Waals surface area contributed by atoms with Crippen LogP contribution in [-0.4, -0.2) is 37.3 Å². The van der Waals surface area contributed by atoms with Crippen LogP contribution in [0.4, 0.5) is 39.5 Å². The molecule has 1 aliphatic rings. The highest BCUT2D eigenvalue weighted by Gasteiger charge is 2.39. The van der Waals surface area contributed by atoms with Gasteiger partial charge in [-0.3, -0.25) is 4.90 Å². The van der Waals surface area contributed by atoms with Gasteiger partial charge in [0.05, 0.1) is 11.1 Å². The highest BCUT2D eigenvalue weighted by atomic mass is 35.5. The van der Waals surface area contributed by atoms with Crippen molar-refractivity contribution < 1.29 is 39.5 Å². The average Bonchev–Trinajstić information content (AvgIpc) is 2.53. The van der Waals surface area contributed by atoms with Gasteiger partial charge in [-0.1, -0.05) is 0 Å². The maximum absolute atomic E-state index is 13.0. The fourth-order valence-corrected chi connectivity index (χ4v) is 3.03. The highest BCUT2D eigenvalue weighted by molar-refractivity contribution is 5.85. The SMILES string of the molecule is Cl.FC(F)(F)CC[C@H](c1cc(C(F)(F)F)cc(C(F)(F)F)c1)N1CCNCC1. The van der Waals surface area contributed by atoms with Crippen molar-refractivity contribution in [3.63, 3.8) is 0 Å². The summed E-state index contributed by atoms with van der Waals surface area (Å²) >= 11 is 0. The molecule has 1 saturated heterocycles. The fourth-order valence-electron chi connectivity index (χ4n) is 3.03. The minimum atomic E-state index is -5.05. The maximum Gasteiger partial charge on any atom is 0.416 e. The summed E-state index contributed by atoms with van der Waals surface area (Å²) in [5.41, 5.74) is -3.47. The van der Waals surface area contributed by atoms with Gasteiger partial charge in [-0.25, -0.2) is 0 Å². The molecule has 2 rings (SSSR count). The van der Waals surface area contributed by atoms with Crippen molar-refractivity contribution in [1.82, 2.24) is 10.2 Å². The third-order valence-corrected chi connectivity index (χ3v) is 4.29. The quantitative estimate of drug-likeness (QED) is 0.623. The lowest BCUT2D eigenvalue weighted by molar-refractivity contribution is -0.144. The second-order valence-corrected chi connectivity index (χ2v) is 6.29. The second kappa shape index (κ2) is 9.08. The molecule has 12 heteroatoms. The summed E-state index contributed by atoms with van der Waals surface area (Å²) in [7, 11) is 0. The van der Waals surface area contributed by atoms with Crippen LogP contribution in [0.1, 0.15) is 35.6 Å². The lowest BCUT2D eigenvalue weighted by atomic mass is 9.95. The van der Waals surface area contributed by atoms with Crippen molar-refractivity contribution >= 4 is 12.4 Å². The van der Waals surface area contributed by atoms with E-state index in [9.17, 15) is 39.5 Å². The first kappa shape index (κ1) is 24.8. The Morgan fingerprint density at radius 2 is 1.29 bits per heavy atom. The second-order valence-electron chi connectivity index (χ2n) is 6.29. The molecule has 1 aromatic rings. The Balaban J connectivity index is 0.00000392. The van der Waals surface area contributed by atoms with Gasteiger partial charge in [0.25, 0.3) is 0 Å². The number of hydrogen-bond acceptors (Lipinski definition) is 2. The molecule has 1 aromatic carbocycles. The number of halogens is 10. The summed E-state index contributed by atoms with van der Waals surface area (Å²) in [6.07, 6.45) is -16.6. The molecule has 1 heterocycles. The molecule has 0 saturated carbocycles. The van der Waals surface area contributed by atoms with Crippen LogP contribution in [0.3, 0.4) is 0 Å². The lowest BCUT2D eigenvalue weighted by Gasteiger charge is -2.36. The van der Waals surface area contributed by atoms with Gasteiger partial charge in [0.1, 0.15) is 0 Å². The van der Waals surface area contributed by atoms with Gasteiger partial charge in [-0.05, 0) is 30.2 Å².